The number of hydrogen-bond acceptors (Lipinski definition) is 5. The highest BCUT2D eigenvalue weighted by Gasteiger charge is 2.15. The van der Waals surface area contributed by atoms with Crippen molar-refractivity contribution in [2.24, 2.45) is 5.92 Å². The first-order valence-corrected chi connectivity index (χ1v) is 7.41. The van der Waals surface area contributed by atoms with Gasteiger partial charge in [0.05, 0.1) is 19.2 Å². The molecule has 0 spiro atoms. The number of aryl methyl sites for hydroxylation is 1. The highest BCUT2D eigenvalue weighted by molar-refractivity contribution is 7.13. The molecule has 4 nitrogen and oxygen atoms in total. The maximum absolute atomic E-state index is 11.0. The van der Waals surface area contributed by atoms with Gasteiger partial charge >= 0.3 is 5.97 Å². The molecule has 1 aromatic heterocycles. The molecule has 0 bridgehead atoms. The molecule has 1 aliphatic carbocycles. The number of esters is 1. The Bertz CT molecular complexity index is 386. The van der Waals surface area contributed by atoms with E-state index in [-0.39, 0.29) is 5.97 Å². The van der Waals surface area contributed by atoms with Crippen LogP contribution in [-0.4, -0.2) is 24.6 Å². The van der Waals surface area contributed by atoms with Gasteiger partial charge in [-0.25, -0.2) is 4.98 Å². The van der Waals surface area contributed by atoms with Gasteiger partial charge in [0.1, 0.15) is 0 Å². The van der Waals surface area contributed by atoms with E-state index in [4.69, 9.17) is 0 Å². The van der Waals surface area contributed by atoms with Gasteiger partial charge in [-0.15, -0.1) is 11.3 Å². The van der Waals surface area contributed by atoms with Crippen molar-refractivity contribution in [2.75, 3.05) is 19.0 Å². The van der Waals surface area contributed by atoms with E-state index in [2.05, 4.69) is 15.0 Å². The first-order valence-electron chi connectivity index (χ1n) is 6.53. The van der Waals surface area contributed by atoms with Crippen molar-refractivity contribution in [2.45, 2.75) is 38.5 Å². The summed E-state index contributed by atoms with van der Waals surface area (Å²) in [6.45, 7) is 1.03. The van der Waals surface area contributed by atoms with Gasteiger partial charge in [0.2, 0.25) is 0 Å². The minimum atomic E-state index is -0.177. The quantitative estimate of drug-likeness (QED) is 0.806. The SMILES string of the molecule is COC(=O)CCc1csc(NCC2CCCC2)n1. The highest BCUT2D eigenvalue weighted by atomic mass is 32.1. The number of hydrogen-bond donors (Lipinski definition) is 1. The van der Waals surface area contributed by atoms with Gasteiger partial charge in [0.15, 0.2) is 5.13 Å². The van der Waals surface area contributed by atoms with Gasteiger partial charge in [-0.05, 0) is 18.8 Å². The molecule has 18 heavy (non-hydrogen) atoms. The minimum absolute atomic E-state index is 0.177. The van der Waals surface area contributed by atoms with E-state index in [1.807, 2.05) is 5.38 Å². The Labute approximate surface area is 112 Å². The standard InChI is InChI=1S/C13H20N2O2S/c1-17-12(16)7-6-11-9-18-13(15-11)14-8-10-4-2-3-5-10/h9-10H,2-8H2,1H3,(H,14,15). The van der Waals surface area contributed by atoms with Crippen molar-refractivity contribution in [1.29, 1.82) is 0 Å². The number of thiazole rings is 1. The number of anilines is 1. The van der Waals surface area contributed by atoms with Crippen LogP contribution in [0.1, 0.15) is 37.8 Å². The predicted molar refractivity (Wildman–Crippen MR) is 72.9 cm³/mol. The lowest BCUT2D eigenvalue weighted by Gasteiger charge is -2.08. The first kappa shape index (κ1) is 13.3. The second-order valence-corrected chi connectivity index (χ2v) is 5.61. The van der Waals surface area contributed by atoms with Crippen LogP contribution in [0.2, 0.25) is 0 Å². The fourth-order valence-corrected chi connectivity index (χ4v) is 3.04. The molecule has 1 fully saturated rings. The van der Waals surface area contributed by atoms with Gasteiger partial charge in [0, 0.05) is 18.3 Å². The summed E-state index contributed by atoms with van der Waals surface area (Å²) < 4.78 is 4.61. The second kappa shape index (κ2) is 6.73. The van der Waals surface area contributed by atoms with Crippen LogP contribution in [-0.2, 0) is 16.0 Å². The molecule has 1 saturated carbocycles. The van der Waals surface area contributed by atoms with Crippen LogP contribution in [0.3, 0.4) is 0 Å². The lowest BCUT2D eigenvalue weighted by molar-refractivity contribution is -0.140. The Morgan fingerprint density at radius 3 is 3.06 bits per heavy atom. The van der Waals surface area contributed by atoms with Gasteiger partial charge in [-0.2, -0.15) is 0 Å². The van der Waals surface area contributed by atoms with E-state index in [0.29, 0.717) is 12.8 Å². The molecule has 0 aromatic carbocycles. The molecule has 0 unspecified atom stereocenters. The number of ether oxygens (including phenoxy) is 1. The van der Waals surface area contributed by atoms with Gasteiger partial charge in [0.25, 0.3) is 0 Å². The Morgan fingerprint density at radius 2 is 2.33 bits per heavy atom. The van der Waals surface area contributed by atoms with Gasteiger partial charge < -0.3 is 10.1 Å². The lowest BCUT2D eigenvalue weighted by atomic mass is 10.1. The van der Waals surface area contributed by atoms with E-state index in [9.17, 15) is 4.79 Å². The number of methoxy groups -OCH3 is 1. The van der Waals surface area contributed by atoms with Crippen molar-refractivity contribution in [3.63, 3.8) is 0 Å². The fourth-order valence-electron chi connectivity index (χ4n) is 2.28. The number of carbonyl (C=O) groups excluding carboxylic acids is 1. The van der Waals surface area contributed by atoms with Crippen molar-refractivity contribution in [3.8, 4) is 0 Å². The maximum Gasteiger partial charge on any atom is 0.305 e. The summed E-state index contributed by atoms with van der Waals surface area (Å²) in [5, 5.41) is 6.39. The minimum Gasteiger partial charge on any atom is -0.469 e. The van der Waals surface area contributed by atoms with E-state index in [1.54, 1.807) is 11.3 Å². The van der Waals surface area contributed by atoms with E-state index >= 15 is 0 Å². The van der Waals surface area contributed by atoms with Crippen LogP contribution in [0, 0.1) is 5.92 Å². The average molecular weight is 268 g/mol. The number of nitrogens with one attached hydrogen (secondary N) is 1. The number of carbonyl (C=O) groups is 1. The summed E-state index contributed by atoms with van der Waals surface area (Å²) in [7, 11) is 1.41. The predicted octanol–water partition coefficient (Wildman–Crippen LogP) is 2.85. The summed E-state index contributed by atoms with van der Waals surface area (Å²) in [6.07, 6.45) is 6.49. The maximum atomic E-state index is 11.0. The van der Waals surface area contributed by atoms with Crippen LogP contribution < -0.4 is 5.32 Å². The molecule has 2 rings (SSSR count). The molecule has 0 aliphatic heterocycles. The molecule has 1 N–H and O–H groups in total. The van der Waals surface area contributed by atoms with Crippen molar-refractivity contribution in [3.05, 3.63) is 11.1 Å². The summed E-state index contributed by atoms with van der Waals surface area (Å²) in [4.78, 5) is 15.5. The average Bonchev–Trinajstić information content (AvgIpc) is 3.04. The third-order valence-electron chi connectivity index (χ3n) is 3.38. The van der Waals surface area contributed by atoms with Crippen LogP contribution >= 0.6 is 11.3 Å². The monoisotopic (exact) mass is 268 g/mol. The zero-order chi connectivity index (χ0) is 12.8. The molecular weight excluding hydrogens is 248 g/mol. The fraction of sp³-hybridized carbons (Fsp3) is 0.692. The summed E-state index contributed by atoms with van der Waals surface area (Å²) in [6, 6.07) is 0. The Morgan fingerprint density at radius 1 is 1.56 bits per heavy atom. The Hall–Kier alpha value is -1.10. The highest BCUT2D eigenvalue weighted by Crippen LogP contribution is 2.25. The van der Waals surface area contributed by atoms with Gasteiger partial charge in [-0.1, -0.05) is 12.8 Å². The zero-order valence-electron chi connectivity index (χ0n) is 10.8. The zero-order valence-corrected chi connectivity index (χ0v) is 11.6. The third-order valence-corrected chi connectivity index (χ3v) is 4.23. The summed E-state index contributed by atoms with van der Waals surface area (Å²) in [5.41, 5.74) is 0.972. The number of nitrogens with zero attached hydrogens (tertiary/aromatic N) is 1. The molecule has 1 aromatic rings. The summed E-state index contributed by atoms with van der Waals surface area (Å²) in [5.74, 6) is 0.635. The van der Waals surface area contributed by atoms with Crippen molar-refractivity contribution >= 4 is 22.4 Å². The molecular formula is C13H20N2O2S. The van der Waals surface area contributed by atoms with Crippen LogP contribution in [0.5, 0.6) is 0 Å². The molecule has 0 saturated heterocycles. The topological polar surface area (TPSA) is 51.2 Å². The molecule has 0 atom stereocenters. The van der Waals surface area contributed by atoms with Crippen LogP contribution in [0.15, 0.2) is 5.38 Å². The number of aromatic nitrogens is 1. The van der Waals surface area contributed by atoms with Crippen LogP contribution in [0.25, 0.3) is 0 Å². The molecule has 5 heteroatoms. The Kier molecular flexibility index (Phi) is 4.99. The smallest absolute Gasteiger partial charge is 0.305 e. The normalized spacial score (nSPS) is 15.8. The molecule has 100 valence electrons. The third kappa shape index (κ3) is 3.98. The molecule has 1 aliphatic rings. The molecule has 1 heterocycles. The van der Waals surface area contributed by atoms with E-state index in [1.165, 1.54) is 32.8 Å². The molecule has 0 radical (unpaired) electrons. The lowest BCUT2D eigenvalue weighted by Crippen LogP contribution is -2.10. The second-order valence-electron chi connectivity index (χ2n) is 4.75. The van der Waals surface area contributed by atoms with E-state index in [0.717, 1.165) is 23.3 Å². The Balaban J connectivity index is 1.73. The molecule has 0 amide bonds. The largest absolute Gasteiger partial charge is 0.469 e. The van der Waals surface area contributed by atoms with Crippen molar-refractivity contribution in [1.82, 2.24) is 4.98 Å². The van der Waals surface area contributed by atoms with Gasteiger partial charge in [-0.3, -0.25) is 4.79 Å². The van der Waals surface area contributed by atoms with E-state index < -0.39 is 0 Å². The number of rotatable bonds is 6. The van der Waals surface area contributed by atoms with Crippen LogP contribution in [0.4, 0.5) is 5.13 Å². The van der Waals surface area contributed by atoms with Crippen molar-refractivity contribution < 1.29 is 9.53 Å². The first-order chi connectivity index (χ1) is 8.78. The summed E-state index contributed by atoms with van der Waals surface area (Å²) >= 11 is 1.62.